The maximum Gasteiger partial charge on any atom is 0.412 e. The Morgan fingerprint density at radius 3 is 2.36 bits per heavy atom. The summed E-state index contributed by atoms with van der Waals surface area (Å²) in [6.07, 6.45) is 3.27. The number of nitrogens with zero attached hydrogens (tertiary/aromatic N) is 1. The van der Waals surface area contributed by atoms with E-state index in [2.05, 4.69) is 5.32 Å². The van der Waals surface area contributed by atoms with Crippen LogP contribution in [0.2, 0.25) is 0 Å². The Morgan fingerprint density at radius 1 is 0.955 bits per heavy atom. The molecule has 4 nitrogen and oxygen atoms in total. The fraction of sp³-hybridized carbons (Fsp3) is 0.0556. The van der Waals surface area contributed by atoms with Gasteiger partial charge in [0.15, 0.2) is 0 Å². The number of nitrogens with one attached hydrogen (secondary N) is 1. The van der Waals surface area contributed by atoms with Crippen LogP contribution in [0.5, 0.6) is 0 Å². The number of amides is 1. The first-order chi connectivity index (χ1) is 10.8. The number of ether oxygens (including phenoxy) is 1. The molecule has 4 heteroatoms. The van der Waals surface area contributed by atoms with Crippen molar-refractivity contribution in [3.8, 4) is 5.69 Å². The highest BCUT2D eigenvalue weighted by Gasteiger charge is 2.05. The van der Waals surface area contributed by atoms with E-state index < -0.39 is 6.09 Å². The number of para-hydroxylation sites is 1. The van der Waals surface area contributed by atoms with E-state index in [1.165, 1.54) is 0 Å². The number of hydrogen-bond acceptors (Lipinski definition) is 2. The summed E-state index contributed by atoms with van der Waals surface area (Å²) in [6.45, 7) is 0.256. The summed E-state index contributed by atoms with van der Waals surface area (Å²) in [7, 11) is 0. The van der Waals surface area contributed by atoms with Gasteiger partial charge in [0.1, 0.15) is 6.61 Å². The molecule has 3 aromatic rings. The van der Waals surface area contributed by atoms with Crippen LogP contribution in [0.1, 0.15) is 5.56 Å². The standard InChI is InChI=1S/C18H16N2O2/c21-18(22-14-15-7-3-1-4-8-15)19-16-11-12-20(13-16)17-9-5-2-6-10-17/h1-13H,14H2,(H,19,21). The minimum Gasteiger partial charge on any atom is -0.444 e. The van der Waals surface area contributed by atoms with E-state index >= 15 is 0 Å². The Kier molecular flexibility index (Phi) is 4.20. The summed E-state index contributed by atoms with van der Waals surface area (Å²) in [5, 5.41) is 2.72. The van der Waals surface area contributed by atoms with Gasteiger partial charge >= 0.3 is 6.09 Å². The Labute approximate surface area is 129 Å². The van der Waals surface area contributed by atoms with Crippen LogP contribution < -0.4 is 5.32 Å². The molecule has 0 fully saturated rings. The molecule has 22 heavy (non-hydrogen) atoms. The van der Waals surface area contributed by atoms with Gasteiger partial charge in [0.05, 0.1) is 5.69 Å². The van der Waals surface area contributed by atoms with Crippen LogP contribution in [0, 0.1) is 0 Å². The molecule has 3 rings (SSSR count). The molecule has 0 aliphatic carbocycles. The Bertz CT molecular complexity index is 736. The highest BCUT2D eigenvalue weighted by Crippen LogP contribution is 2.14. The molecule has 0 bridgehead atoms. The largest absolute Gasteiger partial charge is 0.444 e. The molecular formula is C18H16N2O2. The lowest BCUT2D eigenvalue weighted by Crippen LogP contribution is -2.13. The molecule has 0 saturated carbocycles. The molecule has 0 aliphatic heterocycles. The van der Waals surface area contributed by atoms with E-state index in [4.69, 9.17) is 4.74 Å². The lowest BCUT2D eigenvalue weighted by atomic mass is 10.2. The highest BCUT2D eigenvalue weighted by molar-refractivity contribution is 5.84. The van der Waals surface area contributed by atoms with Crippen molar-refractivity contribution in [3.05, 3.63) is 84.7 Å². The molecule has 1 N–H and O–H groups in total. The van der Waals surface area contributed by atoms with Gasteiger partial charge in [-0.25, -0.2) is 4.79 Å². The van der Waals surface area contributed by atoms with Gasteiger partial charge in [-0.1, -0.05) is 48.5 Å². The minimum atomic E-state index is -0.463. The lowest BCUT2D eigenvalue weighted by Gasteiger charge is -2.05. The summed E-state index contributed by atoms with van der Waals surface area (Å²) in [6, 6.07) is 21.3. The van der Waals surface area contributed by atoms with Crippen LogP contribution in [0.3, 0.4) is 0 Å². The van der Waals surface area contributed by atoms with E-state index in [-0.39, 0.29) is 6.61 Å². The van der Waals surface area contributed by atoms with Crippen molar-refractivity contribution < 1.29 is 9.53 Å². The van der Waals surface area contributed by atoms with Gasteiger partial charge in [-0.2, -0.15) is 0 Å². The molecule has 0 saturated heterocycles. The third kappa shape index (κ3) is 3.55. The molecule has 1 amide bonds. The van der Waals surface area contributed by atoms with Crippen molar-refractivity contribution in [2.75, 3.05) is 5.32 Å². The number of rotatable bonds is 4. The van der Waals surface area contributed by atoms with E-state index in [9.17, 15) is 4.79 Å². The third-order valence-corrected chi connectivity index (χ3v) is 3.21. The third-order valence-electron chi connectivity index (χ3n) is 3.21. The molecular weight excluding hydrogens is 276 g/mol. The zero-order chi connectivity index (χ0) is 15.2. The van der Waals surface area contributed by atoms with Gasteiger partial charge < -0.3 is 9.30 Å². The van der Waals surface area contributed by atoms with Crippen LogP contribution in [0.4, 0.5) is 10.5 Å². The molecule has 110 valence electrons. The fourth-order valence-corrected chi connectivity index (χ4v) is 2.11. The van der Waals surface area contributed by atoms with Crippen molar-refractivity contribution in [2.24, 2.45) is 0 Å². The van der Waals surface area contributed by atoms with Crippen LogP contribution in [-0.2, 0) is 11.3 Å². The van der Waals surface area contributed by atoms with Gasteiger partial charge in [-0.05, 0) is 23.8 Å². The summed E-state index contributed by atoms with van der Waals surface area (Å²) >= 11 is 0. The normalized spacial score (nSPS) is 10.2. The maximum absolute atomic E-state index is 11.8. The first-order valence-electron chi connectivity index (χ1n) is 7.02. The molecule has 1 heterocycles. The molecule has 0 radical (unpaired) electrons. The monoisotopic (exact) mass is 292 g/mol. The predicted molar refractivity (Wildman–Crippen MR) is 86.0 cm³/mol. The maximum atomic E-state index is 11.8. The van der Waals surface area contributed by atoms with Gasteiger partial charge in [-0.3, -0.25) is 5.32 Å². The Hall–Kier alpha value is -3.01. The van der Waals surface area contributed by atoms with Gasteiger partial charge in [0.2, 0.25) is 0 Å². The molecule has 0 atom stereocenters. The fourth-order valence-electron chi connectivity index (χ4n) is 2.11. The van der Waals surface area contributed by atoms with Crippen molar-refractivity contribution >= 4 is 11.8 Å². The van der Waals surface area contributed by atoms with Crippen LogP contribution in [-0.4, -0.2) is 10.7 Å². The van der Waals surface area contributed by atoms with Crippen molar-refractivity contribution in [1.29, 1.82) is 0 Å². The van der Waals surface area contributed by atoms with Crippen LogP contribution >= 0.6 is 0 Å². The van der Waals surface area contributed by atoms with Crippen molar-refractivity contribution in [1.82, 2.24) is 4.57 Å². The van der Waals surface area contributed by atoms with Gasteiger partial charge in [0.25, 0.3) is 0 Å². The van der Waals surface area contributed by atoms with E-state index in [0.29, 0.717) is 5.69 Å². The molecule has 0 aliphatic rings. The van der Waals surface area contributed by atoms with E-state index in [1.54, 1.807) is 0 Å². The number of hydrogen-bond donors (Lipinski definition) is 1. The number of carbonyl (C=O) groups excluding carboxylic acids is 1. The number of anilines is 1. The number of aromatic nitrogens is 1. The molecule has 0 unspecified atom stereocenters. The number of carbonyl (C=O) groups is 1. The quantitative estimate of drug-likeness (QED) is 0.782. The second-order valence-corrected chi connectivity index (χ2v) is 4.83. The molecule has 1 aromatic heterocycles. The SMILES string of the molecule is O=C(Nc1ccn(-c2ccccc2)c1)OCc1ccccc1. The minimum absolute atomic E-state index is 0.256. The topological polar surface area (TPSA) is 43.3 Å². The molecule has 0 spiro atoms. The first kappa shape index (κ1) is 13.9. The van der Waals surface area contributed by atoms with Gasteiger partial charge in [-0.15, -0.1) is 0 Å². The average molecular weight is 292 g/mol. The van der Waals surface area contributed by atoms with Crippen molar-refractivity contribution in [2.45, 2.75) is 6.61 Å². The Balaban J connectivity index is 1.57. The van der Waals surface area contributed by atoms with Crippen LogP contribution in [0.25, 0.3) is 5.69 Å². The number of benzene rings is 2. The van der Waals surface area contributed by atoms with Crippen LogP contribution in [0.15, 0.2) is 79.1 Å². The Morgan fingerprint density at radius 2 is 1.64 bits per heavy atom. The summed E-state index contributed by atoms with van der Waals surface area (Å²) in [4.78, 5) is 11.8. The summed E-state index contributed by atoms with van der Waals surface area (Å²) < 4.78 is 7.12. The van der Waals surface area contributed by atoms with Crippen molar-refractivity contribution in [3.63, 3.8) is 0 Å². The smallest absolute Gasteiger partial charge is 0.412 e. The predicted octanol–water partition coefficient (Wildman–Crippen LogP) is 4.23. The lowest BCUT2D eigenvalue weighted by molar-refractivity contribution is 0.155. The highest BCUT2D eigenvalue weighted by atomic mass is 16.5. The zero-order valence-corrected chi connectivity index (χ0v) is 12.0. The second-order valence-electron chi connectivity index (χ2n) is 4.83. The van der Waals surface area contributed by atoms with E-state index in [0.717, 1.165) is 11.3 Å². The van der Waals surface area contributed by atoms with E-state index in [1.807, 2.05) is 83.7 Å². The average Bonchev–Trinajstić information content (AvgIpc) is 3.03. The second kappa shape index (κ2) is 6.63. The zero-order valence-electron chi connectivity index (χ0n) is 12.0. The molecule has 2 aromatic carbocycles. The first-order valence-corrected chi connectivity index (χ1v) is 7.02. The van der Waals surface area contributed by atoms with Gasteiger partial charge in [0, 0.05) is 18.1 Å². The summed E-state index contributed by atoms with van der Waals surface area (Å²) in [5.41, 5.74) is 2.69. The summed E-state index contributed by atoms with van der Waals surface area (Å²) in [5.74, 6) is 0.